The van der Waals surface area contributed by atoms with Crippen LogP contribution in [0.2, 0.25) is 0 Å². The molecule has 2 aliphatic heterocycles. The first-order valence-corrected chi connectivity index (χ1v) is 10.3. The van der Waals surface area contributed by atoms with Crippen LogP contribution in [0.5, 0.6) is 0 Å². The molecule has 2 fully saturated rings. The fraction of sp³-hybridized carbons (Fsp3) is 0.500. The predicted octanol–water partition coefficient (Wildman–Crippen LogP) is 1.85. The Morgan fingerprint density at radius 1 is 1.21 bits per heavy atom. The minimum Gasteiger partial charge on any atom is -0.353 e. The van der Waals surface area contributed by atoms with Crippen LogP contribution in [0.1, 0.15) is 41.6 Å². The second-order valence-electron chi connectivity index (χ2n) is 8.11. The number of carbonyl (C=O) groups excluding carboxylic acids is 1. The van der Waals surface area contributed by atoms with Gasteiger partial charge >= 0.3 is 0 Å². The fourth-order valence-corrected chi connectivity index (χ4v) is 4.55. The van der Waals surface area contributed by atoms with Crippen molar-refractivity contribution in [2.75, 3.05) is 26.2 Å². The van der Waals surface area contributed by atoms with E-state index in [1.54, 1.807) is 0 Å². The number of hydrogen-bond acceptors (Lipinski definition) is 4. The van der Waals surface area contributed by atoms with Crippen LogP contribution in [0.15, 0.2) is 42.6 Å². The highest BCUT2D eigenvalue weighted by Gasteiger charge is 2.31. The zero-order chi connectivity index (χ0) is 19.5. The summed E-state index contributed by atoms with van der Waals surface area (Å²) in [5, 5.41) is 3.11. The van der Waals surface area contributed by atoms with Gasteiger partial charge in [-0.2, -0.15) is 0 Å². The van der Waals surface area contributed by atoms with E-state index in [-0.39, 0.29) is 18.0 Å². The van der Waals surface area contributed by atoms with Gasteiger partial charge in [-0.25, -0.2) is 10.9 Å². The smallest absolute Gasteiger partial charge is 0.238 e. The standard InChI is InChI=1S/C22H31N5O/c1-16-6-3-4-7-18(16)17-9-12-27(15-17)13-10-23-22(28)20-14-19(24-25-20)21-8-5-11-26(21)2/h3-8,11,17,19-20,24-25H,9-10,12-15H2,1-2H3,(H,23,28). The summed E-state index contributed by atoms with van der Waals surface area (Å²) in [4.78, 5) is 15.0. The van der Waals surface area contributed by atoms with Gasteiger partial charge in [0.2, 0.25) is 5.91 Å². The monoisotopic (exact) mass is 381 g/mol. The number of carbonyl (C=O) groups is 1. The second kappa shape index (κ2) is 8.47. The van der Waals surface area contributed by atoms with E-state index in [0.29, 0.717) is 12.5 Å². The van der Waals surface area contributed by atoms with Gasteiger partial charge in [0, 0.05) is 38.6 Å². The third-order valence-corrected chi connectivity index (χ3v) is 6.19. The van der Waals surface area contributed by atoms with Crippen LogP contribution in [0.25, 0.3) is 0 Å². The van der Waals surface area contributed by atoms with Crippen molar-refractivity contribution in [3.8, 4) is 0 Å². The molecule has 6 nitrogen and oxygen atoms in total. The lowest BCUT2D eigenvalue weighted by Gasteiger charge is -2.18. The van der Waals surface area contributed by atoms with Crippen molar-refractivity contribution in [3.05, 3.63) is 59.4 Å². The first kappa shape index (κ1) is 19.2. The van der Waals surface area contributed by atoms with E-state index in [2.05, 4.69) is 62.9 Å². The molecule has 0 saturated carbocycles. The first-order chi connectivity index (χ1) is 13.6. The Morgan fingerprint density at radius 2 is 2.07 bits per heavy atom. The van der Waals surface area contributed by atoms with E-state index in [1.807, 2.05) is 19.3 Å². The summed E-state index contributed by atoms with van der Waals surface area (Å²) in [7, 11) is 2.03. The van der Waals surface area contributed by atoms with Crippen LogP contribution in [0, 0.1) is 6.92 Å². The molecule has 28 heavy (non-hydrogen) atoms. The quantitative estimate of drug-likeness (QED) is 0.715. The highest BCUT2D eigenvalue weighted by Crippen LogP contribution is 2.29. The van der Waals surface area contributed by atoms with Crippen LogP contribution >= 0.6 is 0 Å². The van der Waals surface area contributed by atoms with E-state index in [1.165, 1.54) is 23.2 Å². The van der Waals surface area contributed by atoms with Crippen LogP contribution in [0.3, 0.4) is 0 Å². The number of aromatic nitrogens is 1. The Hall–Kier alpha value is -2.15. The van der Waals surface area contributed by atoms with Gasteiger partial charge in [-0.05, 0) is 55.5 Å². The number of likely N-dealkylation sites (tertiary alicyclic amines) is 1. The lowest BCUT2D eigenvalue weighted by molar-refractivity contribution is -0.122. The van der Waals surface area contributed by atoms with E-state index in [4.69, 9.17) is 0 Å². The van der Waals surface area contributed by atoms with E-state index >= 15 is 0 Å². The van der Waals surface area contributed by atoms with Gasteiger partial charge in [-0.1, -0.05) is 24.3 Å². The largest absolute Gasteiger partial charge is 0.353 e. The predicted molar refractivity (Wildman–Crippen MR) is 111 cm³/mol. The van der Waals surface area contributed by atoms with Gasteiger partial charge in [0.05, 0.1) is 6.04 Å². The molecule has 1 aromatic heterocycles. The maximum Gasteiger partial charge on any atom is 0.238 e. The van der Waals surface area contributed by atoms with Crippen LogP contribution < -0.4 is 16.2 Å². The Morgan fingerprint density at radius 3 is 2.86 bits per heavy atom. The minimum atomic E-state index is -0.182. The number of rotatable bonds is 6. The number of benzene rings is 1. The van der Waals surface area contributed by atoms with Crippen molar-refractivity contribution in [1.29, 1.82) is 0 Å². The Kier molecular flexibility index (Phi) is 5.80. The molecule has 0 spiro atoms. The SMILES string of the molecule is Cc1ccccc1C1CCN(CCNC(=O)C2CC(c3cccn3C)NN2)C1. The highest BCUT2D eigenvalue weighted by atomic mass is 16.2. The number of nitrogens with zero attached hydrogens (tertiary/aromatic N) is 2. The van der Waals surface area contributed by atoms with Crippen molar-refractivity contribution < 1.29 is 4.79 Å². The number of hydrogen-bond donors (Lipinski definition) is 3. The maximum absolute atomic E-state index is 12.5. The van der Waals surface area contributed by atoms with Crippen molar-refractivity contribution in [3.63, 3.8) is 0 Å². The summed E-state index contributed by atoms with van der Waals surface area (Å²) in [6.45, 7) is 6.00. The maximum atomic E-state index is 12.5. The molecule has 3 N–H and O–H groups in total. The Bertz CT molecular complexity index is 817. The number of nitrogens with one attached hydrogen (secondary N) is 3. The molecule has 150 valence electrons. The molecule has 6 heteroatoms. The third-order valence-electron chi connectivity index (χ3n) is 6.19. The van der Waals surface area contributed by atoms with Gasteiger partial charge in [0.25, 0.3) is 0 Å². The van der Waals surface area contributed by atoms with Crippen molar-refractivity contribution in [1.82, 2.24) is 25.6 Å². The molecule has 3 heterocycles. The second-order valence-corrected chi connectivity index (χ2v) is 8.11. The van der Waals surface area contributed by atoms with Gasteiger partial charge < -0.3 is 14.8 Å². The lowest BCUT2D eigenvalue weighted by atomic mass is 9.94. The molecular formula is C22H31N5O. The van der Waals surface area contributed by atoms with Gasteiger partial charge in [0.1, 0.15) is 6.04 Å². The Balaban J connectivity index is 1.20. The summed E-state index contributed by atoms with van der Waals surface area (Å²) in [6, 6.07) is 12.8. The third kappa shape index (κ3) is 4.14. The molecular weight excluding hydrogens is 350 g/mol. The fourth-order valence-electron chi connectivity index (χ4n) is 4.55. The molecule has 1 aromatic carbocycles. The summed E-state index contributed by atoms with van der Waals surface area (Å²) in [5.41, 5.74) is 10.5. The topological polar surface area (TPSA) is 61.3 Å². The molecule has 0 aliphatic carbocycles. The highest BCUT2D eigenvalue weighted by molar-refractivity contribution is 5.82. The molecule has 2 saturated heterocycles. The molecule has 0 radical (unpaired) electrons. The van der Waals surface area contributed by atoms with E-state index < -0.39 is 0 Å². The number of aryl methyl sites for hydroxylation is 2. The van der Waals surface area contributed by atoms with Gasteiger partial charge in [-0.15, -0.1) is 0 Å². The van der Waals surface area contributed by atoms with Crippen molar-refractivity contribution in [2.45, 2.75) is 37.8 Å². The van der Waals surface area contributed by atoms with Gasteiger partial charge in [0.15, 0.2) is 0 Å². The van der Waals surface area contributed by atoms with E-state index in [0.717, 1.165) is 26.1 Å². The number of amides is 1. The zero-order valence-corrected chi connectivity index (χ0v) is 16.8. The molecule has 1 amide bonds. The summed E-state index contributed by atoms with van der Waals surface area (Å²) < 4.78 is 2.10. The van der Waals surface area contributed by atoms with Crippen LogP contribution in [-0.4, -0.2) is 47.6 Å². The lowest BCUT2D eigenvalue weighted by Crippen LogP contribution is -2.45. The minimum absolute atomic E-state index is 0.0823. The Labute approximate surface area is 167 Å². The summed E-state index contributed by atoms with van der Waals surface area (Å²) in [6.07, 6.45) is 4.00. The van der Waals surface area contributed by atoms with Crippen LogP contribution in [0.4, 0.5) is 0 Å². The van der Waals surface area contributed by atoms with Crippen LogP contribution in [-0.2, 0) is 11.8 Å². The average molecular weight is 382 g/mol. The first-order valence-electron chi connectivity index (χ1n) is 10.3. The molecule has 0 bridgehead atoms. The number of hydrazine groups is 1. The summed E-state index contributed by atoms with van der Waals surface area (Å²) >= 11 is 0. The molecule has 2 aromatic rings. The van der Waals surface area contributed by atoms with Crippen molar-refractivity contribution in [2.24, 2.45) is 7.05 Å². The normalized spacial score (nSPS) is 25.3. The molecule has 2 aliphatic rings. The molecule has 3 unspecified atom stereocenters. The zero-order valence-electron chi connectivity index (χ0n) is 16.8. The molecule has 4 rings (SSSR count). The summed E-state index contributed by atoms with van der Waals surface area (Å²) in [5.74, 6) is 0.697. The van der Waals surface area contributed by atoms with Gasteiger partial charge in [-0.3, -0.25) is 4.79 Å². The van der Waals surface area contributed by atoms with E-state index in [9.17, 15) is 4.79 Å². The molecule has 3 atom stereocenters. The average Bonchev–Trinajstić information content (AvgIpc) is 3.42. The van der Waals surface area contributed by atoms with Crippen molar-refractivity contribution >= 4 is 5.91 Å².